The summed E-state index contributed by atoms with van der Waals surface area (Å²) in [5, 5.41) is 2.83. The van der Waals surface area contributed by atoms with E-state index in [0.29, 0.717) is 24.3 Å². The Morgan fingerprint density at radius 3 is 2.03 bits per heavy atom. The van der Waals surface area contributed by atoms with Crippen LogP contribution in [0, 0.1) is 0 Å². The van der Waals surface area contributed by atoms with Crippen molar-refractivity contribution in [2.24, 2.45) is 0 Å². The van der Waals surface area contributed by atoms with E-state index in [4.69, 9.17) is 0 Å². The van der Waals surface area contributed by atoms with Crippen LogP contribution >= 0.6 is 0 Å². The Hall–Kier alpha value is -3.07. The van der Waals surface area contributed by atoms with E-state index in [1.54, 1.807) is 12.1 Å². The first-order valence-electron chi connectivity index (χ1n) is 11.3. The monoisotopic (exact) mass is 476 g/mol. The molecule has 184 valence electrons. The van der Waals surface area contributed by atoms with Gasteiger partial charge in [0.25, 0.3) is 0 Å². The molecule has 0 spiro atoms. The minimum atomic E-state index is -4.41. The van der Waals surface area contributed by atoms with Crippen molar-refractivity contribution >= 4 is 17.6 Å². The number of nitrogens with one attached hydrogen (secondary N) is 1. The van der Waals surface area contributed by atoms with Gasteiger partial charge >= 0.3 is 12.2 Å². The van der Waals surface area contributed by atoms with Crippen molar-refractivity contribution in [1.29, 1.82) is 0 Å². The Bertz CT molecular complexity index is 967. The molecule has 2 aromatic rings. The van der Waals surface area contributed by atoms with E-state index in [1.807, 2.05) is 37.9 Å². The van der Waals surface area contributed by atoms with Gasteiger partial charge in [-0.1, -0.05) is 24.3 Å². The van der Waals surface area contributed by atoms with E-state index in [1.165, 1.54) is 17.0 Å². The Morgan fingerprint density at radius 2 is 1.50 bits per heavy atom. The number of carbonyl (C=O) groups excluding carboxylic acids is 2. The Kier molecular flexibility index (Phi) is 8.19. The SMILES string of the molecule is CC(C)NC(=O)N(Cc1ccc(C(F)(F)F)cc1)c1ccc(CC(=O)N2CCN(C)CC2)cc1. The summed E-state index contributed by atoms with van der Waals surface area (Å²) in [4.78, 5) is 31.0. The van der Waals surface area contributed by atoms with Gasteiger partial charge in [-0.15, -0.1) is 0 Å². The molecule has 2 aromatic carbocycles. The fourth-order valence-electron chi connectivity index (χ4n) is 3.72. The Labute approximate surface area is 198 Å². The highest BCUT2D eigenvalue weighted by Crippen LogP contribution is 2.29. The van der Waals surface area contributed by atoms with Gasteiger partial charge in [-0.3, -0.25) is 9.69 Å². The average Bonchev–Trinajstić information content (AvgIpc) is 2.78. The van der Waals surface area contributed by atoms with Crippen LogP contribution in [-0.4, -0.2) is 61.0 Å². The number of hydrogen-bond acceptors (Lipinski definition) is 3. The molecular weight excluding hydrogens is 445 g/mol. The zero-order valence-corrected chi connectivity index (χ0v) is 19.7. The number of nitrogens with zero attached hydrogens (tertiary/aromatic N) is 3. The molecule has 34 heavy (non-hydrogen) atoms. The molecule has 0 unspecified atom stereocenters. The standard InChI is InChI=1S/C25H31F3N4O2/c1-18(2)29-24(34)32(17-20-4-8-21(9-5-20)25(26,27)28)22-10-6-19(7-11-22)16-23(33)31-14-12-30(3)13-15-31/h4-11,18H,12-17H2,1-3H3,(H,29,34). The highest BCUT2D eigenvalue weighted by molar-refractivity contribution is 5.92. The Morgan fingerprint density at radius 1 is 0.941 bits per heavy atom. The molecule has 0 saturated carbocycles. The smallest absolute Gasteiger partial charge is 0.340 e. The molecule has 1 fully saturated rings. The van der Waals surface area contributed by atoms with E-state index in [9.17, 15) is 22.8 Å². The maximum atomic E-state index is 12.9. The van der Waals surface area contributed by atoms with E-state index < -0.39 is 11.7 Å². The van der Waals surface area contributed by atoms with Crippen LogP contribution in [0.5, 0.6) is 0 Å². The summed E-state index contributed by atoms with van der Waals surface area (Å²) in [5.41, 5.74) is 1.27. The quantitative estimate of drug-likeness (QED) is 0.682. The van der Waals surface area contributed by atoms with Gasteiger partial charge in [-0.25, -0.2) is 4.79 Å². The average molecular weight is 477 g/mol. The lowest BCUT2D eigenvalue weighted by molar-refractivity contribution is -0.137. The van der Waals surface area contributed by atoms with Gasteiger partial charge < -0.3 is 15.1 Å². The van der Waals surface area contributed by atoms with Crippen LogP contribution < -0.4 is 10.2 Å². The van der Waals surface area contributed by atoms with Crippen LogP contribution in [0.25, 0.3) is 0 Å². The molecule has 1 N–H and O–H groups in total. The summed E-state index contributed by atoms with van der Waals surface area (Å²) in [6.45, 7) is 6.91. The molecule has 3 rings (SSSR count). The number of piperazine rings is 1. The second-order valence-electron chi connectivity index (χ2n) is 8.91. The van der Waals surface area contributed by atoms with Gasteiger partial charge in [0.2, 0.25) is 5.91 Å². The van der Waals surface area contributed by atoms with Crippen molar-refractivity contribution in [2.45, 2.75) is 39.0 Å². The molecule has 1 saturated heterocycles. The Balaban J connectivity index is 1.73. The zero-order valence-electron chi connectivity index (χ0n) is 19.7. The van der Waals surface area contributed by atoms with Crippen molar-refractivity contribution in [3.05, 3.63) is 65.2 Å². The number of likely N-dealkylation sites (N-methyl/N-ethyl adjacent to an activating group) is 1. The summed E-state index contributed by atoms with van der Waals surface area (Å²) in [5.74, 6) is 0.0695. The molecule has 1 aliphatic rings. The van der Waals surface area contributed by atoms with E-state index in [0.717, 1.165) is 30.8 Å². The third kappa shape index (κ3) is 6.96. The fraction of sp³-hybridized carbons (Fsp3) is 0.440. The largest absolute Gasteiger partial charge is 0.416 e. The third-order valence-corrected chi connectivity index (χ3v) is 5.74. The second-order valence-corrected chi connectivity index (χ2v) is 8.91. The number of amides is 3. The van der Waals surface area contributed by atoms with Gasteiger partial charge in [0, 0.05) is 37.9 Å². The zero-order chi connectivity index (χ0) is 24.9. The van der Waals surface area contributed by atoms with Crippen molar-refractivity contribution in [1.82, 2.24) is 15.1 Å². The number of carbonyl (C=O) groups is 2. The lowest BCUT2D eigenvalue weighted by Gasteiger charge is -2.32. The van der Waals surface area contributed by atoms with Gasteiger partial charge in [0.15, 0.2) is 0 Å². The van der Waals surface area contributed by atoms with Crippen molar-refractivity contribution in [2.75, 3.05) is 38.1 Å². The molecule has 0 aliphatic carbocycles. The number of halogens is 3. The number of alkyl halides is 3. The molecule has 0 radical (unpaired) electrons. The number of benzene rings is 2. The normalized spacial score (nSPS) is 14.9. The molecule has 9 heteroatoms. The molecule has 0 atom stereocenters. The molecule has 3 amide bonds. The first-order chi connectivity index (χ1) is 16.0. The predicted molar refractivity (Wildman–Crippen MR) is 126 cm³/mol. The van der Waals surface area contributed by atoms with Crippen LogP contribution in [0.3, 0.4) is 0 Å². The summed E-state index contributed by atoms with van der Waals surface area (Å²) < 4.78 is 38.6. The van der Waals surface area contributed by atoms with Crippen molar-refractivity contribution in [3.63, 3.8) is 0 Å². The van der Waals surface area contributed by atoms with E-state index >= 15 is 0 Å². The summed E-state index contributed by atoms with van der Waals surface area (Å²) in [6, 6.07) is 11.5. The lowest BCUT2D eigenvalue weighted by Crippen LogP contribution is -2.47. The third-order valence-electron chi connectivity index (χ3n) is 5.74. The second kappa shape index (κ2) is 10.9. The van der Waals surface area contributed by atoms with Crippen LogP contribution in [0.1, 0.15) is 30.5 Å². The first-order valence-corrected chi connectivity index (χ1v) is 11.3. The lowest BCUT2D eigenvalue weighted by atomic mass is 10.1. The van der Waals surface area contributed by atoms with Crippen LogP contribution in [-0.2, 0) is 23.9 Å². The molecule has 1 heterocycles. The van der Waals surface area contributed by atoms with Gasteiger partial charge in [-0.05, 0) is 56.3 Å². The molecule has 1 aliphatic heterocycles. The first kappa shape index (κ1) is 25.6. The van der Waals surface area contributed by atoms with Crippen LogP contribution in [0.2, 0.25) is 0 Å². The van der Waals surface area contributed by atoms with Gasteiger partial charge in [-0.2, -0.15) is 13.2 Å². The number of anilines is 1. The van der Waals surface area contributed by atoms with Crippen molar-refractivity contribution in [3.8, 4) is 0 Å². The molecule has 0 aromatic heterocycles. The fourth-order valence-corrected chi connectivity index (χ4v) is 3.72. The summed E-state index contributed by atoms with van der Waals surface area (Å²) >= 11 is 0. The predicted octanol–water partition coefficient (Wildman–Crippen LogP) is 4.15. The minimum Gasteiger partial charge on any atom is -0.340 e. The van der Waals surface area contributed by atoms with Crippen molar-refractivity contribution < 1.29 is 22.8 Å². The topological polar surface area (TPSA) is 55.9 Å². The minimum absolute atomic E-state index is 0.0695. The summed E-state index contributed by atoms with van der Waals surface area (Å²) in [7, 11) is 2.03. The highest BCUT2D eigenvalue weighted by atomic mass is 19.4. The molecule has 0 bridgehead atoms. The van der Waals surface area contributed by atoms with E-state index in [-0.39, 0.29) is 30.9 Å². The van der Waals surface area contributed by atoms with Crippen LogP contribution in [0.15, 0.2) is 48.5 Å². The summed E-state index contributed by atoms with van der Waals surface area (Å²) in [6.07, 6.45) is -4.13. The van der Waals surface area contributed by atoms with Crippen LogP contribution in [0.4, 0.5) is 23.7 Å². The number of urea groups is 1. The van der Waals surface area contributed by atoms with Gasteiger partial charge in [0.1, 0.15) is 0 Å². The molecule has 6 nitrogen and oxygen atoms in total. The highest BCUT2D eigenvalue weighted by Gasteiger charge is 2.30. The molecular formula is C25H31F3N4O2. The maximum absolute atomic E-state index is 12.9. The number of hydrogen-bond donors (Lipinski definition) is 1. The maximum Gasteiger partial charge on any atom is 0.416 e. The van der Waals surface area contributed by atoms with E-state index in [2.05, 4.69) is 10.2 Å². The van der Waals surface area contributed by atoms with Gasteiger partial charge in [0.05, 0.1) is 18.5 Å². The number of rotatable bonds is 6.